The van der Waals surface area contributed by atoms with Gasteiger partial charge in [-0.1, -0.05) is 13.8 Å². The van der Waals surface area contributed by atoms with Gasteiger partial charge in [-0.2, -0.15) is 4.98 Å². The summed E-state index contributed by atoms with van der Waals surface area (Å²) in [4.78, 5) is 30.9. The van der Waals surface area contributed by atoms with E-state index in [2.05, 4.69) is 25.3 Å². The highest BCUT2D eigenvalue weighted by Gasteiger charge is 2.37. The molecular formula is C22H23FN6O3. The molecule has 1 saturated heterocycles. The van der Waals surface area contributed by atoms with Crippen molar-refractivity contribution in [1.29, 1.82) is 0 Å². The Balaban J connectivity index is 1.43. The molecule has 0 unspecified atom stereocenters. The molecule has 9 nitrogen and oxygen atoms in total. The van der Waals surface area contributed by atoms with Crippen molar-refractivity contribution in [3.05, 3.63) is 60.3 Å². The zero-order valence-electron chi connectivity index (χ0n) is 17.9. The number of nitrogens with zero attached hydrogens (tertiary/aromatic N) is 5. The average Bonchev–Trinajstić information content (AvgIpc) is 3.18. The number of carbonyl (C=O) groups excluding carboxylic acids is 1. The molecule has 10 heteroatoms. The average molecular weight is 438 g/mol. The molecule has 3 aromatic rings. The molecule has 0 saturated carbocycles. The second kappa shape index (κ2) is 9.13. The first-order chi connectivity index (χ1) is 15.4. The van der Waals surface area contributed by atoms with Gasteiger partial charge in [0.2, 0.25) is 5.95 Å². The zero-order valence-corrected chi connectivity index (χ0v) is 17.9. The van der Waals surface area contributed by atoms with Crippen LogP contribution in [-0.4, -0.2) is 38.7 Å². The minimum Gasteiger partial charge on any atom is -0.447 e. The molecule has 3 heterocycles. The molecule has 2 aromatic heterocycles. The van der Waals surface area contributed by atoms with Gasteiger partial charge in [-0.05, 0) is 43.2 Å². The predicted octanol–water partition coefficient (Wildman–Crippen LogP) is 4.35. The topological polar surface area (TPSA) is 102 Å². The van der Waals surface area contributed by atoms with Crippen LogP contribution < -0.4 is 15.0 Å². The lowest BCUT2D eigenvalue weighted by Crippen LogP contribution is -2.37. The molecule has 1 aliphatic heterocycles. The molecule has 4 rings (SSSR count). The Bertz CT molecular complexity index is 1080. The quantitative estimate of drug-likeness (QED) is 0.581. The number of cyclic esters (lactones) is 1. The molecule has 1 aliphatic rings. The van der Waals surface area contributed by atoms with E-state index in [1.807, 2.05) is 20.8 Å². The molecule has 0 spiro atoms. The molecule has 1 N–H and O–H groups in total. The number of benzene rings is 1. The van der Waals surface area contributed by atoms with Gasteiger partial charge >= 0.3 is 12.1 Å². The first-order valence-electron chi connectivity index (χ1n) is 10.2. The van der Waals surface area contributed by atoms with Gasteiger partial charge in [0.25, 0.3) is 0 Å². The van der Waals surface area contributed by atoms with Crippen LogP contribution in [0.2, 0.25) is 0 Å². The number of rotatable bonds is 7. The Morgan fingerprint density at radius 3 is 2.53 bits per heavy atom. The number of anilines is 2. The van der Waals surface area contributed by atoms with Gasteiger partial charge in [-0.3, -0.25) is 4.90 Å². The van der Waals surface area contributed by atoms with Crippen molar-refractivity contribution >= 4 is 17.9 Å². The van der Waals surface area contributed by atoms with Crippen LogP contribution in [0.25, 0.3) is 0 Å². The normalized spacial score (nSPS) is 16.7. The molecule has 32 heavy (non-hydrogen) atoms. The molecular weight excluding hydrogens is 415 g/mol. The zero-order chi connectivity index (χ0) is 22.7. The van der Waals surface area contributed by atoms with Gasteiger partial charge in [0.1, 0.15) is 24.0 Å². The standard InChI is InChI=1S/C22H23FN6O3/c1-13(2)18-12-31-22(30)29(18)19-8-9-24-20(28-19)27-14(3)15-10-25-21(26-11-15)32-17-6-4-16(23)5-7-17/h4-11,13-14,18H,12H2,1-3H3,(H,24,27,28)/t14-,18+/m0/s1. The van der Waals surface area contributed by atoms with Crippen molar-refractivity contribution in [2.24, 2.45) is 5.92 Å². The van der Waals surface area contributed by atoms with E-state index in [1.54, 1.807) is 29.6 Å². The van der Waals surface area contributed by atoms with Crippen LogP contribution in [0, 0.1) is 11.7 Å². The largest absolute Gasteiger partial charge is 0.447 e. The molecule has 1 amide bonds. The van der Waals surface area contributed by atoms with Gasteiger partial charge < -0.3 is 14.8 Å². The Kier molecular flexibility index (Phi) is 6.11. The highest BCUT2D eigenvalue weighted by molar-refractivity contribution is 5.89. The SMILES string of the molecule is CC(C)[C@H]1COC(=O)N1c1ccnc(N[C@@H](C)c2cnc(Oc3ccc(F)cc3)nc2)n1. The second-order valence-corrected chi connectivity index (χ2v) is 7.72. The van der Waals surface area contributed by atoms with Crippen LogP contribution >= 0.6 is 0 Å². The van der Waals surface area contributed by atoms with Crippen LogP contribution in [0.1, 0.15) is 32.4 Å². The monoisotopic (exact) mass is 438 g/mol. The summed E-state index contributed by atoms with van der Waals surface area (Å²) < 4.78 is 23.7. The van der Waals surface area contributed by atoms with Gasteiger partial charge in [0, 0.05) is 24.2 Å². The van der Waals surface area contributed by atoms with E-state index in [-0.39, 0.29) is 29.8 Å². The van der Waals surface area contributed by atoms with Crippen molar-refractivity contribution in [2.75, 3.05) is 16.8 Å². The number of aromatic nitrogens is 4. The highest BCUT2D eigenvalue weighted by atomic mass is 19.1. The van der Waals surface area contributed by atoms with E-state index in [9.17, 15) is 9.18 Å². The van der Waals surface area contributed by atoms with Crippen molar-refractivity contribution in [2.45, 2.75) is 32.9 Å². The summed E-state index contributed by atoms with van der Waals surface area (Å²) in [5, 5.41) is 3.19. The van der Waals surface area contributed by atoms with Crippen LogP contribution in [-0.2, 0) is 4.74 Å². The van der Waals surface area contributed by atoms with Crippen molar-refractivity contribution in [3.63, 3.8) is 0 Å². The van der Waals surface area contributed by atoms with Crippen molar-refractivity contribution in [3.8, 4) is 11.8 Å². The van der Waals surface area contributed by atoms with Crippen molar-refractivity contribution < 1.29 is 18.7 Å². The summed E-state index contributed by atoms with van der Waals surface area (Å²) >= 11 is 0. The fourth-order valence-electron chi connectivity index (χ4n) is 3.23. The number of carbonyl (C=O) groups is 1. The number of halogens is 1. The Hall–Kier alpha value is -3.82. The molecule has 1 fully saturated rings. The number of ether oxygens (including phenoxy) is 2. The summed E-state index contributed by atoms with van der Waals surface area (Å²) in [5.74, 6) is 1.16. The number of hydrogen-bond donors (Lipinski definition) is 1. The van der Waals surface area contributed by atoms with Gasteiger partial charge in [-0.15, -0.1) is 0 Å². The van der Waals surface area contributed by atoms with Gasteiger partial charge in [0.05, 0.1) is 12.1 Å². The fourth-order valence-corrected chi connectivity index (χ4v) is 3.23. The van der Waals surface area contributed by atoms with E-state index in [1.165, 1.54) is 24.3 Å². The third kappa shape index (κ3) is 4.74. The highest BCUT2D eigenvalue weighted by Crippen LogP contribution is 2.27. The number of amides is 1. The van der Waals surface area contributed by atoms with E-state index in [0.717, 1.165) is 5.56 Å². The van der Waals surface area contributed by atoms with Crippen LogP contribution in [0.5, 0.6) is 11.8 Å². The van der Waals surface area contributed by atoms with Crippen LogP contribution in [0.15, 0.2) is 48.9 Å². The molecule has 0 radical (unpaired) electrons. The minimum absolute atomic E-state index is 0.0790. The molecule has 166 valence electrons. The van der Waals surface area contributed by atoms with Gasteiger partial charge in [-0.25, -0.2) is 24.1 Å². The van der Waals surface area contributed by atoms with E-state index >= 15 is 0 Å². The summed E-state index contributed by atoms with van der Waals surface area (Å²) in [6.07, 6.45) is 4.43. The van der Waals surface area contributed by atoms with Crippen LogP contribution in [0.3, 0.4) is 0 Å². The lowest BCUT2D eigenvalue weighted by Gasteiger charge is -2.23. The first-order valence-corrected chi connectivity index (χ1v) is 10.2. The van der Waals surface area contributed by atoms with Gasteiger partial charge in [0.15, 0.2) is 0 Å². The lowest BCUT2D eigenvalue weighted by molar-refractivity contribution is 0.177. The summed E-state index contributed by atoms with van der Waals surface area (Å²) in [7, 11) is 0. The number of nitrogens with one attached hydrogen (secondary N) is 1. The lowest BCUT2D eigenvalue weighted by atomic mass is 10.0. The van der Waals surface area contributed by atoms with Crippen molar-refractivity contribution in [1.82, 2.24) is 19.9 Å². The maximum absolute atomic E-state index is 13.0. The fraction of sp³-hybridized carbons (Fsp3) is 0.318. The first kappa shape index (κ1) is 21.4. The molecule has 1 aromatic carbocycles. The maximum atomic E-state index is 13.0. The van der Waals surface area contributed by atoms with E-state index < -0.39 is 6.09 Å². The molecule has 0 aliphatic carbocycles. The summed E-state index contributed by atoms with van der Waals surface area (Å²) in [6.45, 7) is 6.32. The summed E-state index contributed by atoms with van der Waals surface area (Å²) in [5.41, 5.74) is 0.783. The Labute approximate surface area is 184 Å². The third-order valence-electron chi connectivity index (χ3n) is 5.08. The van der Waals surface area contributed by atoms with E-state index in [0.29, 0.717) is 24.1 Å². The smallest absolute Gasteiger partial charge is 0.415 e. The second-order valence-electron chi connectivity index (χ2n) is 7.72. The Morgan fingerprint density at radius 2 is 1.84 bits per heavy atom. The maximum Gasteiger partial charge on any atom is 0.415 e. The minimum atomic E-state index is -0.411. The molecule has 2 atom stereocenters. The predicted molar refractivity (Wildman–Crippen MR) is 115 cm³/mol. The summed E-state index contributed by atoms with van der Waals surface area (Å²) in [6, 6.07) is 7.15. The molecule has 0 bridgehead atoms. The van der Waals surface area contributed by atoms with Crippen LogP contribution in [0.4, 0.5) is 21.0 Å². The Morgan fingerprint density at radius 1 is 1.12 bits per heavy atom. The van der Waals surface area contributed by atoms with E-state index in [4.69, 9.17) is 9.47 Å². The number of hydrogen-bond acceptors (Lipinski definition) is 8. The third-order valence-corrected chi connectivity index (χ3v) is 5.08.